The number of rotatable bonds is 3. The van der Waals surface area contributed by atoms with E-state index in [-0.39, 0.29) is 12.8 Å². The van der Waals surface area contributed by atoms with Crippen LogP contribution in [-0.4, -0.2) is 45.5 Å². The summed E-state index contributed by atoms with van der Waals surface area (Å²) in [4.78, 5) is 15.0. The van der Waals surface area contributed by atoms with Gasteiger partial charge in [-0.15, -0.1) is 0 Å². The normalized spacial score (nSPS) is 22.5. The lowest BCUT2D eigenvalue weighted by Gasteiger charge is -2.37. The van der Waals surface area contributed by atoms with E-state index in [0.717, 1.165) is 35.6 Å². The van der Waals surface area contributed by atoms with Crippen molar-refractivity contribution in [3.05, 3.63) is 46.5 Å². The van der Waals surface area contributed by atoms with Crippen molar-refractivity contribution < 1.29 is 28.5 Å². The maximum Gasteiger partial charge on any atom is 0.343 e. The molecule has 0 amide bonds. The molecule has 1 unspecified atom stereocenters. The van der Waals surface area contributed by atoms with Gasteiger partial charge in [-0.25, -0.2) is 4.79 Å². The topological polar surface area (TPSA) is 66.5 Å². The van der Waals surface area contributed by atoms with Gasteiger partial charge in [0.25, 0.3) is 0 Å². The maximum atomic E-state index is 12.8. The average molecular weight is 383 g/mol. The number of nitrogens with zero attached hydrogens (tertiary/aromatic N) is 1. The van der Waals surface area contributed by atoms with E-state index in [9.17, 15) is 4.79 Å². The molecule has 3 aliphatic rings. The van der Waals surface area contributed by atoms with Crippen LogP contribution in [0.15, 0.2) is 24.3 Å². The van der Waals surface area contributed by atoms with Gasteiger partial charge in [0.05, 0.1) is 20.3 Å². The van der Waals surface area contributed by atoms with Crippen molar-refractivity contribution >= 4 is 5.97 Å². The molecule has 0 saturated heterocycles. The zero-order valence-corrected chi connectivity index (χ0v) is 16.0. The summed E-state index contributed by atoms with van der Waals surface area (Å²) >= 11 is 0. The van der Waals surface area contributed by atoms with Gasteiger partial charge in [-0.05, 0) is 42.8 Å². The van der Waals surface area contributed by atoms with Gasteiger partial charge in [-0.1, -0.05) is 6.07 Å². The van der Waals surface area contributed by atoms with Crippen molar-refractivity contribution in [2.45, 2.75) is 18.6 Å². The number of esters is 1. The van der Waals surface area contributed by atoms with Crippen LogP contribution in [0.5, 0.6) is 23.0 Å². The summed E-state index contributed by atoms with van der Waals surface area (Å²) in [7, 11) is 5.13. The standard InChI is InChI=1S/C21H21NO6/c1-22-7-6-11-8-15-16(27-10-26-15)9-13(11)18(22)19-12-4-5-14(24-2)20(25-3)17(12)21(23)28-19/h4-5,8-9,18-19H,6-7,10H2,1-3H3/t18?,19-/m0/s1. The Morgan fingerprint density at radius 3 is 2.61 bits per heavy atom. The number of fused-ring (bicyclic) bond motifs is 3. The van der Waals surface area contributed by atoms with Gasteiger partial charge in [0.2, 0.25) is 6.79 Å². The van der Waals surface area contributed by atoms with Gasteiger partial charge in [-0.2, -0.15) is 0 Å². The summed E-state index contributed by atoms with van der Waals surface area (Å²) in [6, 6.07) is 7.65. The predicted molar refractivity (Wildman–Crippen MR) is 99.3 cm³/mol. The molecular weight excluding hydrogens is 362 g/mol. The highest BCUT2D eigenvalue weighted by Gasteiger charge is 2.44. The van der Waals surface area contributed by atoms with E-state index in [1.165, 1.54) is 12.7 Å². The Hall–Kier alpha value is -2.93. The van der Waals surface area contributed by atoms with E-state index < -0.39 is 12.1 Å². The van der Waals surface area contributed by atoms with Crippen LogP contribution in [-0.2, 0) is 11.2 Å². The van der Waals surface area contributed by atoms with E-state index in [4.69, 9.17) is 23.7 Å². The Morgan fingerprint density at radius 2 is 1.86 bits per heavy atom. The molecule has 0 aliphatic carbocycles. The average Bonchev–Trinajstić information content (AvgIpc) is 3.29. The first-order chi connectivity index (χ1) is 13.6. The minimum absolute atomic E-state index is 0.124. The van der Waals surface area contributed by atoms with Gasteiger partial charge in [-0.3, -0.25) is 4.90 Å². The number of likely N-dealkylation sites (N-methyl/N-ethyl adjacent to an activating group) is 1. The molecule has 2 aromatic rings. The molecule has 5 rings (SSSR count). The van der Waals surface area contributed by atoms with Gasteiger partial charge < -0.3 is 23.7 Å². The second kappa shape index (κ2) is 6.31. The lowest BCUT2D eigenvalue weighted by Crippen LogP contribution is -2.36. The first kappa shape index (κ1) is 17.2. The maximum absolute atomic E-state index is 12.8. The number of benzene rings is 2. The highest BCUT2D eigenvalue weighted by molar-refractivity contribution is 5.98. The molecule has 0 aromatic heterocycles. The van der Waals surface area contributed by atoms with Gasteiger partial charge in [0.1, 0.15) is 11.7 Å². The predicted octanol–water partition coefficient (Wildman–Crippen LogP) is 2.87. The summed E-state index contributed by atoms with van der Waals surface area (Å²) < 4.78 is 27.8. The summed E-state index contributed by atoms with van der Waals surface area (Å²) in [6.45, 7) is 1.09. The monoisotopic (exact) mass is 383 g/mol. The van der Waals surface area contributed by atoms with Gasteiger partial charge >= 0.3 is 5.97 Å². The van der Waals surface area contributed by atoms with Gasteiger partial charge in [0.15, 0.2) is 23.0 Å². The van der Waals surface area contributed by atoms with E-state index in [1.54, 1.807) is 7.11 Å². The third-order valence-electron chi connectivity index (χ3n) is 5.77. The number of carbonyl (C=O) groups excluding carboxylic acids is 1. The molecule has 7 heteroatoms. The lowest BCUT2D eigenvalue weighted by atomic mass is 9.86. The van der Waals surface area contributed by atoms with Crippen molar-refractivity contribution in [3.63, 3.8) is 0 Å². The van der Waals surface area contributed by atoms with Crippen LogP contribution in [0, 0.1) is 0 Å². The van der Waals surface area contributed by atoms with Gasteiger partial charge in [0, 0.05) is 12.1 Å². The van der Waals surface area contributed by atoms with Crippen LogP contribution in [0.3, 0.4) is 0 Å². The molecular formula is C21H21NO6. The SMILES string of the molecule is COc1ccc2c(c1OC)C(=O)O[C@@H]2C1c2cc3c(cc2CCN1C)OCO3. The molecule has 0 spiro atoms. The number of carbonyl (C=O) groups is 1. The van der Waals surface area contributed by atoms with E-state index in [2.05, 4.69) is 4.90 Å². The molecule has 7 nitrogen and oxygen atoms in total. The second-order valence-electron chi connectivity index (χ2n) is 7.17. The summed E-state index contributed by atoms with van der Waals surface area (Å²) in [6.07, 6.45) is 0.463. The third kappa shape index (κ3) is 2.36. The smallest absolute Gasteiger partial charge is 0.343 e. The zero-order valence-electron chi connectivity index (χ0n) is 16.0. The number of hydrogen-bond acceptors (Lipinski definition) is 7. The summed E-state index contributed by atoms with van der Waals surface area (Å²) in [5, 5.41) is 0. The molecule has 0 bridgehead atoms. The molecule has 146 valence electrons. The first-order valence-electron chi connectivity index (χ1n) is 9.21. The van der Waals surface area contributed by atoms with Crippen LogP contribution in [0.25, 0.3) is 0 Å². The molecule has 0 saturated carbocycles. The third-order valence-corrected chi connectivity index (χ3v) is 5.77. The Morgan fingerprint density at radius 1 is 1.07 bits per heavy atom. The Kier molecular flexibility index (Phi) is 3.87. The molecule has 3 aliphatic heterocycles. The highest BCUT2D eigenvalue weighted by Crippen LogP contribution is 2.50. The fraction of sp³-hybridized carbons (Fsp3) is 0.381. The minimum Gasteiger partial charge on any atom is -0.493 e. The van der Waals surface area contributed by atoms with Crippen molar-refractivity contribution in [2.24, 2.45) is 0 Å². The molecule has 0 N–H and O–H groups in total. The van der Waals surface area contributed by atoms with Crippen LogP contribution in [0.4, 0.5) is 0 Å². The molecule has 28 heavy (non-hydrogen) atoms. The minimum atomic E-state index is -0.438. The fourth-order valence-electron chi connectivity index (χ4n) is 4.42. The van der Waals surface area contributed by atoms with Crippen LogP contribution in [0.1, 0.15) is 39.2 Å². The van der Waals surface area contributed by atoms with Crippen LogP contribution in [0.2, 0.25) is 0 Å². The first-order valence-corrected chi connectivity index (χ1v) is 9.21. The molecule has 2 atom stereocenters. The van der Waals surface area contributed by atoms with Crippen molar-refractivity contribution in [2.75, 3.05) is 34.6 Å². The van der Waals surface area contributed by atoms with Crippen molar-refractivity contribution in [1.82, 2.24) is 4.90 Å². The zero-order chi connectivity index (χ0) is 19.4. The van der Waals surface area contributed by atoms with Crippen molar-refractivity contribution in [3.8, 4) is 23.0 Å². The second-order valence-corrected chi connectivity index (χ2v) is 7.17. The number of ether oxygens (including phenoxy) is 5. The summed E-state index contributed by atoms with van der Waals surface area (Å²) in [5.74, 6) is 2.04. The summed E-state index contributed by atoms with van der Waals surface area (Å²) in [5.41, 5.74) is 3.54. The van der Waals surface area contributed by atoms with E-state index in [0.29, 0.717) is 17.1 Å². The Balaban J connectivity index is 1.63. The largest absolute Gasteiger partial charge is 0.493 e. The van der Waals surface area contributed by atoms with E-state index >= 15 is 0 Å². The Labute approximate surface area is 162 Å². The number of cyclic esters (lactones) is 1. The van der Waals surface area contributed by atoms with Crippen molar-refractivity contribution in [1.29, 1.82) is 0 Å². The number of hydrogen-bond donors (Lipinski definition) is 0. The quantitative estimate of drug-likeness (QED) is 0.755. The number of methoxy groups -OCH3 is 2. The molecule has 3 heterocycles. The molecule has 0 radical (unpaired) electrons. The van der Waals surface area contributed by atoms with E-state index in [1.807, 2.05) is 31.3 Å². The van der Waals surface area contributed by atoms with Crippen LogP contribution >= 0.6 is 0 Å². The fourth-order valence-corrected chi connectivity index (χ4v) is 4.42. The highest BCUT2D eigenvalue weighted by atomic mass is 16.7. The molecule has 2 aromatic carbocycles. The van der Waals surface area contributed by atoms with Crippen LogP contribution < -0.4 is 18.9 Å². The lowest BCUT2D eigenvalue weighted by molar-refractivity contribution is 0.00935. The Bertz CT molecular complexity index is 972. The molecule has 0 fully saturated rings.